The van der Waals surface area contributed by atoms with Gasteiger partial charge in [0, 0.05) is 13.1 Å². The first-order valence-electron chi connectivity index (χ1n) is 7.23. The third-order valence-corrected chi connectivity index (χ3v) is 3.91. The minimum atomic E-state index is 0.291. The van der Waals surface area contributed by atoms with Gasteiger partial charge in [0.2, 0.25) is 0 Å². The summed E-state index contributed by atoms with van der Waals surface area (Å²) in [6, 6.07) is 8.54. The molecule has 0 bridgehead atoms. The van der Waals surface area contributed by atoms with Crippen LogP contribution in [0.4, 0.5) is 11.6 Å². The van der Waals surface area contributed by atoms with Crippen molar-refractivity contribution in [2.75, 3.05) is 24.8 Å². The van der Waals surface area contributed by atoms with Gasteiger partial charge in [0.05, 0.1) is 13.2 Å². The van der Waals surface area contributed by atoms with Gasteiger partial charge < -0.3 is 15.4 Å². The lowest BCUT2D eigenvalue weighted by molar-refractivity contribution is 0.413. The van der Waals surface area contributed by atoms with Gasteiger partial charge >= 0.3 is 0 Å². The van der Waals surface area contributed by atoms with E-state index in [2.05, 4.69) is 32.7 Å². The number of methoxy groups -OCH3 is 1. The highest BCUT2D eigenvalue weighted by Gasteiger charge is 2.21. The van der Waals surface area contributed by atoms with Crippen LogP contribution in [0.2, 0.25) is 0 Å². The fraction of sp³-hybridized carbons (Fsp3) is 0.375. The van der Waals surface area contributed by atoms with E-state index in [1.807, 2.05) is 19.2 Å². The van der Waals surface area contributed by atoms with Gasteiger partial charge in [-0.1, -0.05) is 6.07 Å². The maximum atomic E-state index is 5.31. The van der Waals surface area contributed by atoms with E-state index in [1.54, 1.807) is 13.4 Å². The maximum absolute atomic E-state index is 5.31. The van der Waals surface area contributed by atoms with Gasteiger partial charge in [-0.2, -0.15) is 0 Å². The molecule has 1 aliphatic carbocycles. The van der Waals surface area contributed by atoms with Crippen molar-refractivity contribution in [2.24, 2.45) is 0 Å². The van der Waals surface area contributed by atoms with Crippen molar-refractivity contribution in [3.63, 3.8) is 0 Å². The summed E-state index contributed by atoms with van der Waals surface area (Å²) in [5, 5.41) is 6.55. The molecule has 5 heteroatoms. The Labute approximate surface area is 124 Å². The van der Waals surface area contributed by atoms with Crippen LogP contribution in [0, 0.1) is 0 Å². The summed E-state index contributed by atoms with van der Waals surface area (Å²) >= 11 is 0. The molecule has 0 saturated heterocycles. The first-order valence-corrected chi connectivity index (χ1v) is 7.23. The van der Waals surface area contributed by atoms with Gasteiger partial charge in [0.1, 0.15) is 23.7 Å². The van der Waals surface area contributed by atoms with E-state index in [9.17, 15) is 0 Å². The topological polar surface area (TPSA) is 59.1 Å². The van der Waals surface area contributed by atoms with E-state index in [1.165, 1.54) is 17.5 Å². The number of aryl methyl sites for hydroxylation is 1. The molecule has 0 saturated carbocycles. The van der Waals surface area contributed by atoms with Crippen molar-refractivity contribution in [3.05, 3.63) is 41.7 Å². The van der Waals surface area contributed by atoms with Gasteiger partial charge in [-0.05, 0) is 42.5 Å². The molecule has 2 N–H and O–H groups in total. The highest BCUT2D eigenvalue weighted by Crippen LogP contribution is 2.34. The molecular formula is C16H20N4O. The minimum Gasteiger partial charge on any atom is -0.497 e. The molecule has 2 aromatic rings. The number of benzene rings is 1. The first kappa shape index (κ1) is 13.7. The normalized spacial score (nSPS) is 17.0. The summed E-state index contributed by atoms with van der Waals surface area (Å²) in [6.07, 6.45) is 4.96. The third kappa shape index (κ3) is 2.91. The van der Waals surface area contributed by atoms with Crippen LogP contribution in [0.1, 0.15) is 30.0 Å². The van der Waals surface area contributed by atoms with E-state index in [0.29, 0.717) is 6.04 Å². The van der Waals surface area contributed by atoms with Crippen molar-refractivity contribution < 1.29 is 4.74 Å². The van der Waals surface area contributed by atoms with Crippen LogP contribution in [0.25, 0.3) is 0 Å². The van der Waals surface area contributed by atoms with Gasteiger partial charge in [-0.15, -0.1) is 0 Å². The number of rotatable bonds is 4. The van der Waals surface area contributed by atoms with Gasteiger partial charge in [0.25, 0.3) is 0 Å². The molecule has 0 radical (unpaired) electrons. The average Bonchev–Trinajstić information content (AvgIpc) is 2.55. The summed E-state index contributed by atoms with van der Waals surface area (Å²) < 4.78 is 5.31. The highest BCUT2D eigenvalue weighted by atomic mass is 16.5. The summed E-state index contributed by atoms with van der Waals surface area (Å²) in [6.45, 7) is 0. The largest absolute Gasteiger partial charge is 0.497 e. The van der Waals surface area contributed by atoms with Crippen LogP contribution in [0.3, 0.4) is 0 Å². The number of hydrogen-bond donors (Lipinski definition) is 2. The molecule has 0 amide bonds. The van der Waals surface area contributed by atoms with E-state index in [0.717, 1.165) is 30.2 Å². The average molecular weight is 284 g/mol. The number of aromatic nitrogens is 2. The first-order chi connectivity index (χ1) is 10.3. The Kier molecular flexibility index (Phi) is 3.90. The fourth-order valence-corrected chi connectivity index (χ4v) is 2.82. The molecule has 1 atom stereocenters. The number of anilines is 2. The summed E-state index contributed by atoms with van der Waals surface area (Å²) in [5.41, 5.74) is 2.70. The van der Waals surface area contributed by atoms with Gasteiger partial charge in [0.15, 0.2) is 0 Å². The van der Waals surface area contributed by atoms with Crippen molar-refractivity contribution in [1.29, 1.82) is 0 Å². The standard InChI is InChI=1S/C16H20N4O/c1-17-15-9-16(19-10-18-15)20-14-5-3-4-11-8-12(21-2)6-7-13(11)14/h6-10,14H,3-5H2,1-2H3,(H2,17,18,19,20). The third-order valence-electron chi connectivity index (χ3n) is 3.91. The maximum Gasteiger partial charge on any atom is 0.131 e. The number of hydrogen-bond acceptors (Lipinski definition) is 5. The van der Waals surface area contributed by atoms with Gasteiger partial charge in [-0.3, -0.25) is 0 Å². The zero-order chi connectivity index (χ0) is 14.7. The molecule has 1 aliphatic rings. The predicted octanol–water partition coefficient (Wildman–Crippen LogP) is 3.02. The van der Waals surface area contributed by atoms with Crippen LogP contribution < -0.4 is 15.4 Å². The fourth-order valence-electron chi connectivity index (χ4n) is 2.82. The molecule has 1 aromatic carbocycles. The smallest absolute Gasteiger partial charge is 0.131 e. The lowest BCUT2D eigenvalue weighted by Gasteiger charge is -2.27. The number of nitrogens with zero attached hydrogens (tertiary/aromatic N) is 2. The minimum absolute atomic E-state index is 0.291. The lowest BCUT2D eigenvalue weighted by Crippen LogP contribution is -2.18. The Balaban J connectivity index is 1.84. The van der Waals surface area contributed by atoms with Crippen LogP contribution >= 0.6 is 0 Å². The van der Waals surface area contributed by atoms with Gasteiger partial charge in [-0.25, -0.2) is 9.97 Å². The Morgan fingerprint density at radius 3 is 2.86 bits per heavy atom. The summed E-state index contributed by atoms with van der Waals surface area (Å²) in [5.74, 6) is 2.59. The lowest BCUT2D eigenvalue weighted by atomic mass is 9.87. The predicted molar refractivity (Wildman–Crippen MR) is 83.9 cm³/mol. The zero-order valence-corrected chi connectivity index (χ0v) is 12.4. The van der Waals surface area contributed by atoms with Crippen molar-refractivity contribution in [2.45, 2.75) is 25.3 Å². The molecule has 1 heterocycles. The second-order valence-electron chi connectivity index (χ2n) is 5.19. The van der Waals surface area contributed by atoms with E-state index in [-0.39, 0.29) is 0 Å². The summed E-state index contributed by atoms with van der Waals surface area (Å²) in [4.78, 5) is 8.44. The summed E-state index contributed by atoms with van der Waals surface area (Å²) in [7, 11) is 3.56. The zero-order valence-electron chi connectivity index (χ0n) is 12.4. The van der Waals surface area contributed by atoms with Crippen molar-refractivity contribution in [1.82, 2.24) is 9.97 Å². The van der Waals surface area contributed by atoms with Crippen LogP contribution in [0.5, 0.6) is 5.75 Å². The van der Waals surface area contributed by atoms with E-state index >= 15 is 0 Å². The molecule has 0 spiro atoms. The molecule has 0 fully saturated rings. The van der Waals surface area contributed by atoms with Crippen molar-refractivity contribution >= 4 is 11.6 Å². The molecule has 1 aromatic heterocycles. The Hall–Kier alpha value is -2.30. The Morgan fingerprint density at radius 2 is 2.05 bits per heavy atom. The Morgan fingerprint density at radius 1 is 1.19 bits per heavy atom. The number of ether oxygens (including phenoxy) is 1. The molecule has 0 aliphatic heterocycles. The quantitative estimate of drug-likeness (QED) is 0.903. The molecule has 3 rings (SSSR count). The monoisotopic (exact) mass is 284 g/mol. The van der Waals surface area contributed by atoms with E-state index in [4.69, 9.17) is 4.74 Å². The SMILES string of the molecule is CNc1cc(NC2CCCc3cc(OC)ccc32)ncn1. The molecular weight excluding hydrogens is 264 g/mol. The second kappa shape index (κ2) is 5.99. The number of fused-ring (bicyclic) bond motifs is 1. The molecule has 110 valence electrons. The molecule has 21 heavy (non-hydrogen) atoms. The molecule has 5 nitrogen and oxygen atoms in total. The Bertz CT molecular complexity index is 629. The second-order valence-corrected chi connectivity index (χ2v) is 5.19. The van der Waals surface area contributed by atoms with Crippen molar-refractivity contribution in [3.8, 4) is 5.75 Å². The molecule has 1 unspecified atom stereocenters. The van der Waals surface area contributed by atoms with Crippen LogP contribution in [-0.2, 0) is 6.42 Å². The van der Waals surface area contributed by atoms with Crippen LogP contribution in [-0.4, -0.2) is 24.1 Å². The highest BCUT2D eigenvalue weighted by molar-refractivity contribution is 5.49. The van der Waals surface area contributed by atoms with E-state index < -0.39 is 0 Å². The number of nitrogens with one attached hydrogen (secondary N) is 2. The van der Waals surface area contributed by atoms with Crippen LogP contribution in [0.15, 0.2) is 30.6 Å².